The molecule has 0 radical (unpaired) electrons. The number of benzene rings is 1. The fourth-order valence-corrected chi connectivity index (χ4v) is 3.17. The van der Waals surface area contributed by atoms with E-state index in [0.717, 1.165) is 25.1 Å². The van der Waals surface area contributed by atoms with Crippen LogP contribution in [0.4, 0.5) is 18.9 Å². The van der Waals surface area contributed by atoms with Crippen LogP contribution in [0.5, 0.6) is 0 Å². The number of rotatable bonds is 2. The third-order valence-corrected chi connectivity index (χ3v) is 4.42. The van der Waals surface area contributed by atoms with Crippen molar-refractivity contribution in [3.05, 3.63) is 29.3 Å². The number of likely N-dealkylation sites (tertiary alicyclic amines) is 1. The van der Waals surface area contributed by atoms with Gasteiger partial charge >= 0.3 is 6.18 Å². The molecule has 2 rings (SSSR count). The van der Waals surface area contributed by atoms with Crippen molar-refractivity contribution in [1.29, 1.82) is 0 Å². The highest BCUT2D eigenvalue weighted by Gasteiger charge is 2.38. The molecule has 0 aromatic heterocycles. The van der Waals surface area contributed by atoms with Crippen LogP contribution < -0.4 is 4.90 Å². The van der Waals surface area contributed by atoms with E-state index >= 15 is 0 Å². The average molecular weight is 314 g/mol. The SMILES string of the molecule is CN1CCC(N(C)c2c(C(C)(C)C)cccc2C(F)(F)F)C1. The number of alkyl halides is 3. The van der Waals surface area contributed by atoms with Crippen LogP contribution in [0.2, 0.25) is 0 Å². The number of hydrogen-bond acceptors (Lipinski definition) is 2. The van der Waals surface area contributed by atoms with Crippen LogP contribution in [-0.2, 0) is 11.6 Å². The van der Waals surface area contributed by atoms with Crippen molar-refractivity contribution in [3.8, 4) is 0 Å². The Morgan fingerprint density at radius 2 is 1.73 bits per heavy atom. The van der Waals surface area contributed by atoms with Gasteiger partial charge in [0.1, 0.15) is 0 Å². The van der Waals surface area contributed by atoms with E-state index < -0.39 is 11.7 Å². The lowest BCUT2D eigenvalue weighted by Crippen LogP contribution is -2.37. The summed E-state index contributed by atoms with van der Waals surface area (Å²) in [6.07, 6.45) is -3.45. The van der Waals surface area contributed by atoms with Gasteiger partial charge in [0.05, 0.1) is 11.3 Å². The molecule has 1 fully saturated rings. The summed E-state index contributed by atoms with van der Waals surface area (Å²) < 4.78 is 40.5. The Balaban J connectivity index is 2.55. The topological polar surface area (TPSA) is 6.48 Å². The van der Waals surface area contributed by atoms with E-state index in [2.05, 4.69) is 4.90 Å². The molecule has 1 atom stereocenters. The lowest BCUT2D eigenvalue weighted by atomic mass is 9.83. The molecule has 1 unspecified atom stereocenters. The van der Waals surface area contributed by atoms with Crippen molar-refractivity contribution in [2.24, 2.45) is 0 Å². The van der Waals surface area contributed by atoms with Crippen LogP contribution in [0.15, 0.2) is 18.2 Å². The minimum atomic E-state index is -4.34. The Morgan fingerprint density at radius 1 is 1.14 bits per heavy atom. The lowest BCUT2D eigenvalue weighted by Gasteiger charge is -2.35. The number of halogens is 3. The van der Waals surface area contributed by atoms with Gasteiger partial charge in [0.25, 0.3) is 0 Å². The van der Waals surface area contributed by atoms with Crippen LogP contribution in [0, 0.1) is 0 Å². The number of nitrogens with zero attached hydrogens (tertiary/aromatic N) is 2. The lowest BCUT2D eigenvalue weighted by molar-refractivity contribution is -0.137. The number of likely N-dealkylation sites (N-methyl/N-ethyl adjacent to an activating group) is 2. The fourth-order valence-electron chi connectivity index (χ4n) is 3.17. The third kappa shape index (κ3) is 3.40. The summed E-state index contributed by atoms with van der Waals surface area (Å²) >= 11 is 0. The molecule has 1 aliphatic heterocycles. The molecule has 1 aromatic carbocycles. The first-order valence-corrected chi connectivity index (χ1v) is 7.64. The second kappa shape index (κ2) is 5.76. The van der Waals surface area contributed by atoms with Crippen LogP contribution in [0.3, 0.4) is 0 Å². The van der Waals surface area contributed by atoms with Gasteiger partial charge in [0.15, 0.2) is 0 Å². The Hall–Kier alpha value is -1.23. The first-order chi connectivity index (χ1) is 10.0. The van der Waals surface area contributed by atoms with Crippen molar-refractivity contribution in [2.45, 2.75) is 44.8 Å². The van der Waals surface area contributed by atoms with Crippen molar-refractivity contribution in [1.82, 2.24) is 4.90 Å². The summed E-state index contributed by atoms with van der Waals surface area (Å²) in [6.45, 7) is 7.60. The molecule has 1 heterocycles. The van der Waals surface area contributed by atoms with E-state index in [0.29, 0.717) is 5.69 Å². The Kier molecular flexibility index (Phi) is 4.49. The Labute approximate surface area is 130 Å². The summed E-state index contributed by atoms with van der Waals surface area (Å²) in [4.78, 5) is 4.00. The van der Waals surface area contributed by atoms with Crippen LogP contribution in [-0.4, -0.2) is 38.1 Å². The smallest absolute Gasteiger partial charge is 0.370 e. The minimum absolute atomic E-state index is 0.120. The van der Waals surface area contributed by atoms with Crippen molar-refractivity contribution in [3.63, 3.8) is 0 Å². The molecule has 22 heavy (non-hydrogen) atoms. The van der Waals surface area contributed by atoms with Crippen LogP contribution in [0.1, 0.15) is 38.3 Å². The number of para-hydroxylation sites is 1. The Bertz CT molecular complexity index is 499. The van der Waals surface area contributed by atoms with Gasteiger partial charge in [0, 0.05) is 19.6 Å². The van der Waals surface area contributed by atoms with Gasteiger partial charge in [-0.05, 0) is 37.1 Å². The third-order valence-electron chi connectivity index (χ3n) is 4.42. The highest BCUT2D eigenvalue weighted by atomic mass is 19.4. The summed E-state index contributed by atoms with van der Waals surface area (Å²) in [7, 11) is 3.80. The molecule has 0 saturated carbocycles. The molecule has 0 spiro atoms. The van der Waals surface area contributed by atoms with Crippen molar-refractivity contribution >= 4 is 5.69 Å². The second-order valence-corrected chi connectivity index (χ2v) is 7.27. The van der Waals surface area contributed by atoms with Gasteiger partial charge in [-0.3, -0.25) is 0 Å². The minimum Gasteiger partial charge on any atom is -0.370 e. The maximum Gasteiger partial charge on any atom is 0.418 e. The van der Waals surface area contributed by atoms with Crippen molar-refractivity contribution in [2.75, 3.05) is 32.1 Å². The van der Waals surface area contributed by atoms with Gasteiger partial charge in [-0.1, -0.05) is 32.9 Å². The highest BCUT2D eigenvalue weighted by molar-refractivity contribution is 5.63. The van der Waals surface area contributed by atoms with Gasteiger partial charge in [-0.2, -0.15) is 13.2 Å². The maximum absolute atomic E-state index is 13.5. The quantitative estimate of drug-likeness (QED) is 0.809. The van der Waals surface area contributed by atoms with Gasteiger partial charge in [-0.15, -0.1) is 0 Å². The molecule has 0 N–H and O–H groups in total. The monoisotopic (exact) mass is 314 g/mol. The van der Waals surface area contributed by atoms with Gasteiger partial charge < -0.3 is 9.80 Å². The van der Waals surface area contributed by atoms with E-state index in [9.17, 15) is 13.2 Å². The predicted octanol–water partition coefficient (Wildman–Crippen LogP) is 4.14. The summed E-state index contributed by atoms with van der Waals surface area (Å²) in [5, 5.41) is 0. The zero-order valence-electron chi connectivity index (χ0n) is 14.0. The second-order valence-electron chi connectivity index (χ2n) is 7.27. The molecule has 1 saturated heterocycles. The molecule has 2 nitrogen and oxygen atoms in total. The normalized spacial score (nSPS) is 20.5. The zero-order chi connectivity index (χ0) is 16.7. The van der Waals surface area contributed by atoms with Gasteiger partial charge in [-0.25, -0.2) is 0 Å². The molecule has 124 valence electrons. The zero-order valence-corrected chi connectivity index (χ0v) is 14.0. The van der Waals surface area contributed by atoms with Crippen LogP contribution in [0.25, 0.3) is 0 Å². The molecule has 1 aromatic rings. The molecule has 5 heteroatoms. The first kappa shape index (κ1) is 17.1. The van der Waals surface area contributed by atoms with E-state index in [1.807, 2.05) is 38.8 Å². The highest BCUT2D eigenvalue weighted by Crippen LogP contribution is 2.43. The predicted molar refractivity (Wildman–Crippen MR) is 84.4 cm³/mol. The summed E-state index contributed by atoms with van der Waals surface area (Å²) in [5.74, 6) is 0. The molecular formula is C17H25F3N2. The molecular weight excluding hydrogens is 289 g/mol. The Morgan fingerprint density at radius 3 is 2.18 bits per heavy atom. The fraction of sp³-hybridized carbons (Fsp3) is 0.647. The van der Waals surface area contributed by atoms with E-state index in [-0.39, 0.29) is 11.5 Å². The average Bonchev–Trinajstić information content (AvgIpc) is 2.81. The maximum atomic E-state index is 13.5. The van der Waals surface area contributed by atoms with Gasteiger partial charge in [0.2, 0.25) is 0 Å². The summed E-state index contributed by atoms with van der Waals surface area (Å²) in [6, 6.07) is 4.65. The molecule has 1 aliphatic rings. The molecule has 0 amide bonds. The number of anilines is 1. The van der Waals surface area contributed by atoms with E-state index in [4.69, 9.17) is 0 Å². The van der Waals surface area contributed by atoms with E-state index in [1.54, 1.807) is 7.05 Å². The molecule has 0 aliphatic carbocycles. The van der Waals surface area contributed by atoms with Crippen LogP contribution >= 0.6 is 0 Å². The summed E-state index contributed by atoms with van der Waals surface area (Å²) in [5.41, 5.74) is 0.217. The first-order valence-electron chi connectivity index (χ1n) is 7.64. The standard InChI is InChI=1S/C17H25F3N2/c1-16(2,3)13-7-6-8-14(17(18,19)20)15(13)22(5)12-9-10-21(4)11-12/h6-8,12H,9-11H2,1-5H3. The largest absolute Gasteiger partial charge is 0.418 e. The van der Waals surface area contributed by atoms with Crippen molar-refractivity contribution < 1.29 is 13.2 Å². The van der Waals surface area contributed by atoms with E-state index in [1.165, 1.54) is 12.1 Å². The molecule has 0 bridgehead atoms. The number of hydrogen-bond donors (Lipinski definition) is 0.